The molecule has 2 aromatic heterocycles. The van der Waals surface area contributed by atoms with Gasteiger partial charge < -0.3 is 10.6 Å². The van der Waals surface area contributed by atoms with Crippen molar-refractivity contribution in [3.63, 3.8) is 0 Å². The minimum absolute atomic E-state index is 0.0286. The van der Waals surface area contributed by atoms with Gasteiger partial charge in [-0.15, -0.1) is 0 Å². The largest absolute Gasteiger partial charge is 0.353 e. The van der Waals surface area contributed by atoms with E-state index in [9.17, 15) is 9.59 Å². The van der Waals surface area contributed by atoms with E-state index in [-0.39, 0.29) is 30.0 Å². The number of benzene rings is 1. The molecule has 1 fully saturated rings. The summed E-state index contributed by atoms with van der Waals surface area (Å²) in [7, 11) is 0. The predicted molar refractivity (Wildman–Crippen MR) is 106 cm³/mol. The van der Waals surface area contributed by atoms with Crippen molar-refractivity contribution in [1.82, 2.24) is 36.2 Å². The number of rotatable bonds is 7. The van der Waals surface area contributed by atoms with Crippen molar-refractivity contribution in [2.24, 2.45) is 5.92 Å². The average Bonchev–Trinajstić information content (AvgIpc) is 3.33. The molecule has 29 heavy (non-hydrogen) atoms. The number of nitrogens with zero attached hydrogens (tertiary/aromatic N) is 3. The maximum Gasteiger partial charge on any atom is 0.274 e. The second kappa shape index (κ2) is 8.26. The lowest BCUT2D eigenvalue weighted by Gasteiger charge is -2.35. The number of aromatic nitrogens is 5. The van der Waals surface area contributed by atoms with Crippen LogP contribution >= 0.6 is 0 Å². The van der Waals surface area contributed by atoms with Gasteiger partial charge in [0.05, 0.1) is 12.1 Å². The summed E-state index contributed by atoms with van der Waals surface area (Å²) in [5.74, 6) is 0.0574. The van der Waals surface area contributed by atoms with Gasteiger partial charge in [-0.2, -0.15) is 20.5 Å². The zero-order chi connectivity index (χ0) is 20.2. The number of H-pyrrole nitrogens is 2. The van der Waals surface area contributed by atoms with E-state index >= 15 is 0 Å². The van der Waals surface area contributed by atoms with Crippen LogP contribution in [-0.2, 0) is 11.2 Å². The maximum absolute atomic E-state index is 12.5. The summed E-state index contributed by atoms with van der Waals surface area (Å²) in [5.41, 5.74) is 3.34. The molecule has 1 aliphatic rings. The highest BCUT2D eigenvalue weighted by Crippen LogP contribution is 2.27. The number of amides is 2. The number of aromatic amines is 2. The molecule has 1 aliphatic carbocycles. The van der Waals surface area contributed by atoms with E-state index in [4.69, 9.17) is 0 Å². The van der Waals surface area contributed by atoms with Gasteiger partial charge in [0.15, 0.2) is 5.69 Å². The van der Waals surface area contributed by atoms with Gasteiger partial charge in [0.25, 0.3) is 5.91 Å². The molecule has 9 heteroatoms. The number of aryl methyl sites for hydroxylation is 1. The first-order valence-electron chi connectivity index (χ1n) is 9.63. The molecule has 3 aromatic rings. The summed E-state index contributed by atoms with van der Waals surface area (Å²) in [5, 5.41) is 23.5. The minimum Gasteiger partial charge on any atom is -0.353 e. The summed E-state index contributed by atoms with van der Waals surface area (Å²) in [6, 6.07) is 11.5. The van der Waals surface area contributed by atoms with Gasteiger partial charge in [-0.25, -0.2) is 0 Å². The van der Waals surface area contributed by atoms with Crippen LogP contribution in [0, 0.1) is 12.8 Å². The number of carbonyl (C=O) groups excluding carboxylic acids is 2. The van der Waals surface area contributed by atoms with Gasteiger partial charge in [-0.3, -0.25) is 14.7 Å². The second-order valence-corrected chi connectivity index (χ2v) is 7.42. The third-order valence-corrected chi connectivity index (χ3v) is 5.06. The molecule has 0 bridgehead atoms. The normalized spacial score (nSPS) is 18.1. The van der Waals surface area contributed by atoms with Crippen molar-refractivity contribution in [2.75, 3.05) is 6.54 Å². The van der Waals surface area contributed by atoms with Gasteiger partial charge in [-0.05, 0) is 31.7 Å². The summed E-state index contributed by atoms with van der Waals surface area (Å²) in [4.78, 5) is 24.6. The SMILES string of the molecule is Cc1cc(CC(=O)NC2CC(CNC(=O)c3n[nH]nc3-c3ccccc3)C2)n[nH]1. The van der Waals surface area contributed by atoms with Crippen molar-refractivity contribution in [3.05, 3.63) is 53.5 Å². The Morgan fingerprint density at radius 2 is 1.93 bits per heavy atom. The van der Waals surface area contributed by atoms with Gasteiger partial charge in [-0.1, -0.05) is 30.3 Å². The Morgan fingerprint density at radius 3 is 2.66 bits per heavy atom. The Kier molecular flexibility index (Phi) is 5.37. The Morgan fingerprint density at radius 1 is 1.14 bits per heavy atom. The molecule has 2 amide bonds. The number of hydrogen-bond acceptors (Lipinski definition) is 5. The van der Waals surface area contributed by atoms with E-state index in [2.05, 4.69) is 36.2 Å². The zero-order valence-corrected chi connectivity index (χ0v) is 16.1. The van der Waals surface area contributed by atoms with Gasteiger partial charge in [0, 0.05) is 23.8 Å². The molecule has 0 radical (unpaired) electrons. The topological polar surface area (TPSA) is 128 Å². The van der Waals surface area contributed by atoms with E-state index in [1.165, 1.54) is 0 Å². The molecule has 4 N–H and O–H groups in total. The highest BCUT2D eigenvalue weighted by atomic mass is 16.2. The van der Waals surface area contributed by atoms with Crippen molar-refractivity contribution < 1.29 is 9.59 Å². The lowest BCUT2D eigenvalue weighted by Crippen LogP contribution is -2.48. The smallest absolute Gasteiger partial charge is 0.274 e. The van der Waals surface area contributed by atoms with Crippen LogP contribution in [0.4, 0.5) is 0 Å². The molecule has 9 nitrogen and oxygen atoms in total. The first-order valence-corrected chi connectivity index (χ1v) is 9.63. The molecule has 0 spiro atoms. The Labute approximate surface area is 167 Å². The monoisotopic (exact) mass is 393 g/mol. The molecule has 2 heterocycles. The molecule has 150 valence electrons. The van der Waals surface area contributed by atoms with Crippen LogP contribution in [0.15, 0.2) is 36.4 Å². The standard InChI is InChI=1S/C20H23N7O2/c1-12-7-16(24-23-12)10-17(28)22-15-8-13(9-15)11-21-20(29)19-18(25-27-26-19)14-5-3-2-4-6-14/h2-7,13,15H,8-11H2,1H3,(H,21,29)(H,22,28)(H,23,24)(H,25,26,27). The quantitative estimate of drug-likeness (QED) is 0.482. The Bertz CT molecular complexity index is 989. The molecule has 0 atom stereocenters. The number of nitrogens with one attached hydrogen (secondary N) is 4. The van der Waals surface area contributed by atoms with E-state index in [1.54, 1.807) is 0 Å². The van der Waals surface area contributed by atoms with Gasteiger partial charge >= 0.3 is 0 Å². The van der Waals surface area contributed by atoms with Crippen molar-refractivity contribution >= 4 is 11.8 Å². The third kappa shape index (κ3) is 4.50. The van der Waals surface area contributed by atoms with Crippen LogP contribution < -0.4 is 10.6 Å². The van der Waals surface area contributed by atoms with Crippen LogP contribution in [0.25, 0.3) is 11.3 Å². The molecule has 0 saturated heterocycles. The van der Waals surface area contributed by atoms with Gasteiger partial charge in [0.1, 0.15) is 5.69 Å². The molecule has 1 saturated carbocycles. The molecule has 4 rings (SSSR count). The molecule has 1 aromatic carbocycles. The summed E-state index contributed by atoms with van der Waals surface area (Å²) >= 11 is 0. The van der Waals surface area contributed by atoms with Crippen molar-refractivity contribution in [3.8, 4) is 11.3 Å². The minimum atomic E-state index is -0.251. The van der Waals surface area contributed by atoms with Crippen molar-refractivity contribution in [1.29, 1.82) is 0 Å². The average molecular weight is 393 g/mol. The highest BCUT2D eigenvalue weighted by molar-refractivity contribution is 5.97. The highest BCUT2D eigenvalue weighted by Gasteiger charge is 2.31. The van der Waals surface area contributed by atoms with Crippen LogP contribution in [-0.4, -0.2) is 50.0 Å². The van der Waals surface area contributed by atoms with E-state index in [0.29, 0.717) is 18.2 Å². The van der Waals surface area contributed by atoms with Crippen molar-refractivity contribution in [2.45, 2.75) is 32.2 Å². The maximum atomic E-state index is 12.5. The van der Waals surface area contributed by atoms with E-state index < -0.39 is 0 Å². The number of hydrogen-bond donors (Lipinski definition) is 4. The van der Waals surface area contributed by atoms with Crippen LogP contribution in [0.2, 0.25) is 0 Å². The fourth-order valence-electron chi connectivity index (χ4n) is 3.54. The first kappa shape index (κ1) is 18.9. The van der Waals surface area contributed by atoms with Gasteiger partial charge in [0.2, 0.25) is 5.91 Å². The summed E-state index contributed by atoms with van der Waals surface area (Å²) < 4.78 is 0. The second-order valence-electron chi connectivity index (χ2n) is 7.42. The fourth-order valence-corrected chi connectivity index (χ4v) is 3.54. The van der Waals surface area contributed by atoms with Crippen LogP contribution in [0.3, 0.4) is 0 Å². The third-order valence-electron chi connectivity index (χ3n) is 5.06. The predicted octanol–water partition coefficient (Wildman–Crippen LogP) is 1.37. The lowest BCUT2D eigenvalue weighted by molar-refractivity contribution is -0.122. The Hall–Kier alpha value is -3.49. The zero-order valence-electron chi connectivity index (χ0n) is 16.1. The molecule has 0 unspecified atom stereocenters. The molecular formula is C20H23N7O2. The molecular weight excluding hydrogens is 370 g/mol. The fraction of sp³-hybridized carbons (Fsp3) is 0.350. The lowest BCUT2D eigenvalue weighted by atomic mass is 9.80. The Balaban J connectivity index is 1.21. The van der Waals surface area contributed by atoms with Crippen LogP contribution in [0.1, 0.15) is 34.7 Å². The van der Waals surface area contributed by atoms with Crippen LogP contribution in [0.5, 0.6) is 0 Å². The first-order chi connectivity index (χ1) is 14.1. The summed E-state index contributed by atoms with van der Waals surface area (Å²) in [6.07, 6.45) is 1.96. The van der Waals surface area contributed by atoms with E-state index in [0.717, 1.165) is 29.8 Å². The summed E-state index contributed by atoms with van der Waals surface area (Å²) in [6.45, 7) is 2.45. The molecule has 0 aliphatic heterocycles. The van der Waals surface area contributed by atoms with E-state index in [1.807, 2.05) is 43.3 Å². The number of carbonyl (C=O) groups is 2.